The van der Waals surface area contributed by atoms with Gasteiger partial charge in [-0.2, -0.15) is 0 Å². The molecule has 0 saturated carbocycles. The standard InChI is InChI=1S/C33H42O11/c1-11-32(43-41-30(5,6)7,37-27(34)23(3)25-19-15-13-16-20-25)39-29(36)40-33(12-2,44-42-31(8,9)10)38-28(35)24(4)26-21-17-14-18-22-26/h13-22H,3-4,11-12H2,1-2,5-10H3. The molecule has 0 aliphatic carbocycles. The van der Waals surface area contributed by atoms with Crippen LogP contribution < -0.4 is 0 Å². The maximum atomic E-state index is 13.3. The predicted molar refractivity (Wildman–Crippen MR) is 161 cm³/mol. The predicted octanol–water partition coefficient (Wildman–Crippen LogP) is 7.27. The molecule has 0 N–H and O–H groups in total. The summed E-state index contributed by atoms with van der Waals surface area (Å²) in [5, 5.41) is 0. The molecule has 0 aliphatic rings. The van der Waals surface area contributed by atoms with E-state index in [1.54, 1.807) is 102 Å². The molecule has 0 radical (unpaired) electrons. The van der Waals surface area contributed by atoms with Gasteiger partial charge < -0.3 is 18.9 Å². The normalized spacial score (nSPS) is 14.4. The molecule has 2 aromatic rings. The zero-order valence-corrected chi connectivity index (χ0v) is 26.6. The molecule has 11 nitrogen and oxygen atoms in total. The number of ether oxygens (including phenoxy) is 4. The molecule has 0 aliphatic heterocycles. The second-order valence-electron chi connectivity index (χ2n) is 11.6. The van der Waals surface area contributed by atoms with E-state index in [1.165, 1.54) is 13.8 Å². The van der Waals surface area contributed by atoms with E-state index in [0.717, 1.165) is 0 Å². The van der Waals surface area contributed by atoms with Gasteiger partial charge in [-0.1, -0.05) is 87.7 Å². The molecule has 0 saturated heterocycles. The van der Waals surface area contributed by atoms with Crippen molar-refractivity contribution in [2.45, 2.75) is 91.4 Å². The molecule has 2 aromatic carbocycles. The topological polar surface area (TPSA) is 125 Å². The summed E-state index contributed by atoms with van der Waals surface area (Å²) >= 11 is 0. The van der Waals surface area contributed by atoms with Crippen molar-refractivity contribution >= 4 is 29.2 Å². The molecule has 44 heavy (non-hydrogen) atoms. The highest BCUT2D eigenvalue weighted by atomic mass is 17.3. The molecule has 2 atom stereocenters. The van der Waals surface area contributed by atoms with E-state index < -0.39 is 41.2 Å². The van der Waals surface area contributed by atoms with Crippen LogP contribution in [-0.4, -0.2) is 41.2 Å². The van der Waals surface area contributed by atoms with Crippen LogP contribution in [0.1, 0.15) is 79.4 Å². The van der Waals surface area contributed by atoms with E-state index in [2.05, 4.69) is 13.2 Å². The van der Waals surface area contributed by atoms with Crippen LogP contribution in [0.2, 0.25) is 0 Å². The lowest BCUT2D eigenvalue weighted by Gasteiger charge is -2.35. The summed E-state index contributed by atoms with van der Waals surface area (Å²) in [6, 6.07) is 17.0. The smallest absolute Gasteiger partial charge is 0.392 e. The maximum absolute atomic E-state index is 13.3. The van der Waals surface area contributed by atoms with Crippen molar-refractivity contribution in [3.8, 4) is 0 Å². The van der Waals surface area contributed by atoms with Gasteiger partial charge in [-0.15, -0.1) is 9.78 Å². The summed E-state index contributed by atoms with van der Waals surface area (Å²) in [5.74, 6) is -6.85. The first-order valence-electron chi connectivity index (χ1n) is 14.0. The first-order valence-corrected chi connectivity index (χ1v) is 14.0. The minimum Gasteiger partial charge on any atom is -0.392 e. The summed E-state index contributed by atoms with van der Waals surface area (Å²) in [6.07, 6.45) is -2.02. The van der Waals surface area contributed by atoms with Gasteiger partial charge in [0.05, 0.1) is 35.2 Å². The number of rotatable bonds is 14. The Balaban J connectivity index is 2.38. The average Bonchev–Trinajstić information content (AvgIpc) is 2.97. The van der Waals surface area contributed by atoms with Crippen LogP contribution in [0, 0.1) is 0 Å². The molecule has 2 rings (SSSR count). The number of esters is 2. The van der Waals surface area contributed by atoms with Crippen molar-refractivity contribution in [2.75, 3.05) is 0 Å². The lowest BCUT2D eigenvalue weighted by Crippen LogP contribution is -2.48. The van der Waals surface area contributed by atoms with Crippen molar-refractivity contribution in [3.63, 3.8) is 0 Å². The van der Waals surface area contributed by atoms with Crippen LogP contribution in [0.25, 0.3) is 11.1 Å². The summed E-state index contributed by atoms with van der Waals surface area (Å²) < 4.78 is 21.8. The molecular formula is C33H42O11. The minimum absolute atomic E-state index is 0.0436. The zero-order chi connectivity index (χ0) is 33.2. The average molecular weight is 615 g/mol. The lowest BCUT2D eigenvalue weighted by molar-refractivity contribution is -0.522. The van der Waals surface area contributed by atoms with Crippen molar-refractivity contribution in [1.29, 1.82) is 0 Å². The van der Waals surface area contributed by atoms with Gasteiger partial charge in [-0.05, 0) is 52.7 Å². The van der Waals surface area contributed by atoms with Crippen LogP contribution >= 0.6 is 0 Å². The Morgan fingerprint density at radius 3 is 1.14 bits per heavy atom. The highest BCUT2D eigenvalue weighted by Crippen LogP contribution is 2.31. The highest BCUT2D eigenvalue weighted by molar-refractivity contribution is 6.16. The number of hydrogen-bond acceptors (Lipinski definition) is 11. The molecule has 0 bridgehead atoms. The molecule has 2 unspecified atom stereocenters. The van der Waals surface area contributed by atoms with Crippen LogP contribution in [0.3, 0.4) is 0 Å². The fraction of sp³-hybridized carbons (Fsp3) is 0.424. The zero-order valence-electron chi connectivity index (χ0n) is 26.6. The minimum atomic E-state index is -2.46. The fourth-order valence-corrected chi connectivity index (χ4v) is 3.09. The Morgan fingerprint density at radius 2 is 0.864 bits per heavy atom. The SMILES string of the molecule is C=C(C(=O)OC(CC)(OOC(C)(C)C)OC(=O)OC(CC)(OOC(C)(C)C)OC(=O)C(=C)c1ccccc1)c1ccccc1. The van der Waals surface area contributed by atoms with Gasteiger partial charge in [0.15, 0.2) is 0 Å². The third kappa shape index (κ3) is 11.2. The van der Waals surface area contributed by atoms with E-state index in [4.69, 9.17) is 38.5 Å². The van der Waals surface area contributed by atoms with Gasteiger partial charge in [0.1, 0.15) is 0 Å². The molecule has 0 aromatic heterocycles. The fourth-order valence-electron chi connectivity index (χ4n) is 3.09. The second-order valence-corrected chi connectivity index (χ2v) is 11.6. The molecule has 0 fully saturated rings. The summed E-state index contributed by atoms with van der Waals surface area (Å²) in [7, 11) is 0. The van der Waals surface area contributed by atoms with E-state index in [1.807, 2.05) is 0 Å². The number of carbonyl (C=O) groups is 3. The van der Waals surface area contributed by atoms with Crippen molar-refractivity contribution in [1.82, 2.24) is 0 Å². The third-order valence-electron chi connectivity index (χ3n) is 5.41. The molecule has 0 spiro atoms. The van der Waals surface area contributed by atoms with Crippen LogP contribution in [0.5, 0.6) is 0 Å². The van der Waals surface area contributed by atoms with E-state index in [-0.39, 0.29) is 24.0 Å². The number of carbonyl (C=O) groups excluding carboxylic acids is 3. The van der Waals surface area contributed by atoms with E-state index in [9.17, 15) is 14.4 Å². The molecular weight excluding hydrogens is 572 g/mol. The van der Waals surface area contributed by atoms with Crippen LogP contribution in [0.4, 0.5) is 4.79 Å². The number of hydrogen-bond donors (Lipinski definition) is 0. The van der Waals surface area contributed by atoms with Gasteiger partial charge in [0, 0.05) is 0 Å². The molecule has 0 amide bonds. The Labute approximate surface area is 258 Å². The monoisotopic (exact) mass is 614 g/mol. The van der Waals surface area contributed by atoms with Crippen molar-refractivity contribution < 1.29 is 52.9 Å². The van der Waals surface area contributed by atoms with Gasteiger partial charge in [0.25, 0.3) is 0 Å². The highest BCUT2D eigenvalue weighted by Gasteiger charge is 2.48. The number of benzene rings is 2. The molecule has 0 heterocycles. The first kappa shape index (κ1) is 36.2. The van der Waals surface area contributed by atoms with E-state index in [0.29, 0.717) is 11.1 Å². The van der Waals surface area contributed by atoms with Crippen molar-refractivity contribution in [3.05, 3.63) is 84.9 Å². The van der Waals surface area contributed by atoms with Gasteiger partial charge in [-0.3, -0.25) is 0 Å². The van der Waals surface area contributed by atoms with Gasteiger partial charge in [-0.25, -0.2) is 24.2 Å². The Hall–Kier alpha value is -4.03. The lowest BCUT2D eigenvalue weighted by atomic mass is 10.1. The Kier molecular flexibility index (Phi) is 12.4. The van der Waals surface area contributed by atoms with Gasteiger partial charge >= 0.3 is 30.0 Å². The summed E-state index contributed by atoms with van der Waals surface area (Å²) in [5.41, 5.74) is -0.993. The summed E-state index contributed by atoms with van der Waals surface area (Å²) in [6.45, 7) is 20.5. The van der Waals surface area contributed by atoms with Crippen LogP contribution in [0.15, 0.2) is 73.8 Å². The Bertz CT molecular complexity index is 1190. The quantitative estimate of drug-likeness (QED) is 0.0701. The largest absolute Gasteiger partial charge is 0.518 e. The second kappa shape index (κ2) is 15.1. The van der Waals surface area contributed by atoms with E-state index >= 15 is 0 Å². The first-order chi connectivity index (χ1) is 20.4. The summed E-state index contributed by atoms with van der Waals surface area (Å²) in [4.78, 5) is 61.1. The maximum Gasteiger partial charge on any atom is 0.518 e. The Morgan fingerprint density at radius 1 is 0.545 bits per heavy atom. The molecule has 11 heteroatoms. The molecule has 240 valence electrons. The van der Waals surface area contributed by atoms with Crippen LogP contribution in [-0.2, 0) is 48.1 Å². The van der Waals surface area contributed by atoms with Gasteiger partial charge in [0.2, 0.25) is 0 Å². The third-order valence-corrected chi connectivity index (χ3v) is 5.41. The van der Waals surface area contributed by atoms with Crippen molar-refractivity contribution in [2.24, 2.45) is 0 Å².